The Hall–Kier alpha value is -2.31. The van der Waals surface area contributed by atoms with Crippen LogP contribution in [0, 0.1) is 0 Å². The summed E-state index contributed by atoms with van der Waals surface area (Å²) in [6.07, 6.45) is 2.94. The van der Waals surface area contributed by atoms with Gasteiger partial charge in [0.25, 0.3) is 0 Å². The summed E-state index contributed by atoms with van der Waals surface area (Å²) in [6.45, 7) is 8.53. The number of ether oxygens (including phenoxy) is 1. The molecule has 1 fully saturated rings. The summed E-state index contributed by atoms with van der Waals surface area (Å²) in [7, 11) is 0. The second-order valence-corrected chi connectivity index (χ2v) is 7.36. The van der Waals surface area contributed by atoms with E-state index >= 15 is 0 Å². The summed E-state index contributed by atoms with van der Waals surface area (Å²) >= 11 is 0. The Bertz CT molecular complexity index is 586. The number of urea groups is 1. The average molecular weight is 348 g/mol. The van der Waals surface area contributed by atoms with Crippen molar-refractivity contribution >= 4 is 12.1 Å². The first-order valence-electron chi connectivity index (χ1n) is 8.70. The highest BCUT2D eigenvalue weighted by Crippen LogP contribution is 2.14. The van der Waals surface area contributed by atoms with Gasteiger partial charge in [-0.1, -0.05) is 6.07 Å². The smallest absolute Gasteiger partial charge is 0.407 e. The molecule has 0 spiro atoms. The minimum Gasteiger partial charge on any atom is -0.444 e. The van der Waals surface area contributed by atoms with E-state index in [1.807, 2.05) is 45.9 Å². The number of rotatable bonds is 3. The predicted octanol–water partition coefficient (Wildman–Crippen LogP) is 2.84. The molecule has 2 heterocycles. The van der Waals surface area contributed by atoms with Gasteiger partial charge < -0.3 is 20.3 Å². The Morgan fingerprint density at radius 1 is 1.36 bits per heavy atom. The van der Waals surface area contributed by atoms with Gasteiger partial charge in [-0.3, -0.25) is 4.98 Å². The summed E-state index contributed by atoms with van der Waals surface area (Å²) in [5.74, 6) is 0. The summed E-state index contributed by atoms with van der Waals surface area (Å²) in [5.41, 5.74) is 0.282. The molecule has 3 amide bonds. The van der Waals surface area contributed by atoms with Crippen LogP contribution in [-0.2, 0) is 4.74 Å². The Kier molecular flexibility index (Phi) is 6.22. The van der Waals surface area contributed by atoms with E-state index in [-0.39, 0.29) is 18.1 Å². The molecular weight excluding hydrogens is 320 g/mol. The van der Waals surface area contributed by atoms with Gasteiger partial charge in [0.1, 0.15) is 5.60 Å². The lowest BCUT2D eigenvalue weighted by atomic mass is 10.1. The van der Waals surface area contributed by atoms with Crippen molar-refractivity contribution in [2.45, 2.75) is 58.2 Å². The zero-order valence-electron chi connectivity index (χ0n) is 15.4. The summed E-state index contributed by atoms with van der Waals surface area (Å²) < 4.78 is 5.28. The molecule has 0 aliphatic carbocycles. The Labute approximate surface area is 149 Å². The monoisotopic (exact) mass is 348 g/mol. The van der Waals surface area contributed by atoms with Crippen LogP contribution < -0.4 is 10.6 Å². The van der Waals surface area contributed by atoms with Crippen LogP contribution in [0.4, 0.5) is 9.59 Å². The molecule has 25 heavy (non-hydrogen) atoms. The minimum absolute atomic E-state index is 0.0977. The lowest BCUT2D eigenvalue weighted by molar-refractivity contribution is 0.0479. The maximum Gasteiger partial charge on any atom is 0.407 e. The van der Waals surface area contributed by atoms with Crippen LogP contribution in [0.3, 0.4) is 0 Å². The molecule has 0 radical (unpaired) electrons. The van der Waals surface area contributed by atoms with E-state index in [2.05, 4.69) is 15.6 Å². The summed E-state index contributed by atoms with van der Waals surface area (Å²) in [5, 5.41) is 5.81. The third kappa shape index (κ3) is 6.25. The van der Waals surface area contributed by atoms with Crippen LogP contribution in [0.25, 0.3) is 0 Å². The van der Waals surface area contributed by atoms with Gasteiger partial charge in [0, 0.05) is 25.3 Å². The maximum absolute atomic E-state index is 12.5. The molecule has 1 aromatic rings. The van der Waals surface area contributed by atoms with Crippen molar-refractivity contribution in [1.29, 1.82) is 0 Å². The number of carbonyl (C=O) groups excluding carboxylic acids is 2. The number of piperidine rings is 1. The van der Waals surface area contributed by atoms with Crippen LogP contribution >= 0.6 is 0 Å². The number of nitrogens with zero attached hydrogens (tertiary/aromatic N) is 2. The average Bonchev–Trinajstić information content (AvgIpc) is 2.54. The molecule has 2 N–H and O–H groups in total. The fourth-order valence-corrected chi connectivity index (χ4v) is 2.74. The molecule has 138 valence electrons. The Morgan fingerprint density at radius 3 is 2.76 bits per heavy atom. The van der Waals surface area contributed by atoms with E-state index < -0.39 is 11.7 Å². The van der Waals surface area contributed by atoms with E-state index in [0.29, 0.717) is 13.1 Å². The van der Waals surface area contributed by atoms with Crippen LogP contribution in [0.15, 0.2) is 24.4 Å². The molecule has 2 rings (SSSR count). The number of aromatic nitrogens is 1. The molecule has 1 aliphatic rings. The minimum atomic E-state index is -0.534. The van der Waals surface area contributed by atoms with Crippen molar-refractivity contribution in [3.63, 3.8) is 0 Å². The van der Waals surface area contributed by atoms with Crippen molar-refractivity contribution in [2.75, 3.05) is 13.1 Å². The predicted molar refractivity (Wildman–Crippen MR) is 95.1 cm³/mol. The largest absolute Gasteiger partial charge is 0.444 e. The van der Waals surface area contributed by atoms with E-state index in [1.54, 1.807) is 11.1 Å². The van der Waals surface area contributed by atoms with E-state index in [9.17, 15) is 9.59 Å². The molecule has 1 saturated heterocycles. The van der Waals surface area contributed by atoms with Gasteiger partial charge in [-0.25, -0.2) is 9.59 Å². The molecule has 2 atom stereocenters. The number of hydrogen-bond acceptors (Lipinski definition) is 4. The molecule has 1 aromatic heterocycles. The van der Waals surface area contributed by atoms with Crippen molar-refractivity contribution in [3.8, 4) is 0 Å². The van der Waals surface area contributed by atoms with Gasteiger partial charge in [0.15, 0.2) is 0 Å². The standard InChI is InChI=1S/C18H28N4O3/c1-13(15-9-5-6-10-19-15)20-16(23)22-11-7-8-14(12-22)21-17(24)25-18(2,3)4/h5-6,9-10,13-14H,7-8,11-12H2,1-4H3,(H,20,23)(H,21,24). The number of hydrogen-bond donors (Lipinski definition) is 2. The van der Waals surface area contributed by atoms with Crippen molar-refractivity contribution in [1.82, 2.24) is 20.5 Å². The van der Waals surface area contributed by atoms with Gasteiger partial charge >= 0.3 is 12.1 Å². The normalized spacial score (nSPS) is 19.0. The van der Waals surface area contributed by atoms with Crippen molar-refractivity contribution < 1.29 is 14.3 Å². The van der Waals surface area contributed by atoms with Gasteiger partial charge in [0.2, 0.25) is 0 Å². The molecule has 0 saturated carbocycles. The van der Waals surface area contributed by atoms with Crippen LogP contribution in [-0.4, -0.2) is 46.7 Å². The molecule has 0 aromatic carbocycles. The van der Waals surface area contributed by atoms with E-state index in [0.717, 1.165) is 18.5 Å². The third-order valence-electron chi connectivity index (χ3n) is 3.90. The third-order valence-corrected chi connectivity index (χ3v) is 3.90. The van der Waals surface area contributed by atoms with Gasteiger partial charge in [-0.05, 0) is 52.7 Å². The lowest BCUT2D eigenvalue weighted by Gasteiger charge is -2.34. The van der Waals surface area contributed by atoms with Crippen LogP contribution in [0.5, 0.6) is 0 Å². The SMILES string of the molecule is CC(NC(=O)N1CCCC(NC(=O)OC(C)(C)C)C1)c1ccccn1. The number of likely N-dealkylation sites (tertiary alicyclic amines) is 1. The topological polar surface area (TPSA) is 83.6 Å². The highest BCUT2D eigenvalue weighted by Gasteiger charge is 2.27. The number of pyridine rings is 1. The molecule has 7 nitrogen and oxygen atoms in total. The second-order valence-electron chi connectivity index (χ2n) is 7.36. The fraction of sp³-hybridized carbons (Fsp3) is 0.611. The van der Waals surface area contributed by atoms with E-state index in [4.69, 9.17) is 4.74 Å². The molecule has 1 aliphatic heterocycles. The first-order chi connectivity index (χ1) is 11.7. The first kappa shape index (κ1) is 19.0. The Morgan fingerprint density at radius 2 is 2.12 bits per heavy atom. The van der Waals surface area contributed by atoms with Crippen molar-refractivity contribution in [3.05, 3.63) is 30.1 Å². The number of carbonyl (C=O) groups is 2. The summed E-state index contributed by atoms with van der Waals surface area (Å²) in [4.78, 5) is 30.4. The number of amides is 3. The molecule has 2 unspecified atom stereocenters. The van der Waals surface area contributed by atoms with Gasteiger partial charge in [-0.15, -0.1) is 0 Å². The Balaban J connectivity index is 1.85. The first-order valence-corrected chi connectivity index (χ1v) is 8.70. The van der Waals surface area contributed by atoms with Crippen LogP contribution in [0.2, 0.25) is 0 Å². The molecule has 0 bridgehead atoms. The maximum atomic E-state index is 12.5. The van der Waals surface area contributed by atoms with Gasteiger partial charge in [-0.2, -0.15) is 0 Å². The van der Waals surface area contributed by atoms with Gasteiger partial charge in [0.05, 0.1) is 11.7 Å². The zero-order valence-corrected chi connectivity index (χ0v) is 15.4. The molecule has 7 heteroatoms. The highest BCUT2D eigenvalue weighted by atomic mass is 16.6. The van der Waals surface area contributed by atoms with Crippen LogP contribution in [0.1, 0.15) is 52.3 Å². The quantitative estimate of drug-likeness (QED) is 0.880. The van der Waals surface area contributed by atoms with E-state index in [1.165, 1.54) is 0 Å². The molecular formula is C18H28N4O3. The number of nitrogens with one attached hydrogen (secondary N) is 2. The summed E-state index contributed by atoms with van der Waals surface area (Å²) in [6, 6.07) is 5.21. The fourth-order valence-electron chi connectivity index (χ4n) is 2.74. The lowest BCUT2D eigenvalue weighted by Crippen LogP contribution is -2.53. The zero-order chi connectivity index (χ0) is 18.4. The van der Waals surface area contributed by atoms with Crippen molar-refractivity contribution in [2.24, 2.45) is 0 Å². The number of alkyl carbamates (subject to hydrolysis) is 1. The highest BCUT2D eigenvalue weighted by molar-refractivity contribution is 5.75. The second kappa shape index (κ2) is 8.18.